The van der Waals surface area contributed by atoms with Crippen LogP contribution in [0.3, 0.4) is 0 Å². The lowest BCUT2D eigenvalue weighted by Gasteiger charge is -2.19. The van der Waals surface area contributed by atoms with Gasteiger partial charge in [0.05, 0.1) is 23.7 Å². The number of hydrogen-bond acceptors (Lipinski definition) is 8. The molecule has 0 rings (SSSR count). The van der Waals surface area contributed by atoms with Crippen molar-refractivity contribution in [1.82, 2.24) is 0 Å². The molecule has 0 N–H and O–H groups in total. The number of rotatable bonds is 17. The fourth-order valence-electron chi connectivity index (χ4n) is 2.01. The molecule has 0 aliphatic heterocycles. The van der Waals surface area contributed by atoms with Crippen molar-refractivity contribution in [3.8, 4) is 0 Å². The number of ketones is 2. The van der Waals surface area contributed by atoms with E-state index in [0.717, 1.165) is 17.9 Å². The topological polar surface area (TPSA) is 77.3 Å². The van der Waals surface area contributed by atoms with Crippen molar-refractivity contribution < 1.29 is 19.1 Å². The molecule has 6 nitrogen and oxygen atoms in total. The van der Waals surface area contributed by atoms with E-state index in [1.807, 2.05) is 36.0 Å². The first-order chi connectivity index (χ1) is 12.5. The molecule has 0 aromatic heterocycles. The number of Topliss-reactive ketones (excluding diaryl/α,β-unsaturated/α-hetero) is 2. The lowest BCUT2D eigenvalue weighted by molar-refractivity contribution is -0.126. The number of carbonyl (C=O) groups excluding carboxylic acids is 2. The van der Waals surface area contributed by atoms with Crippen LogP contribution < -0.4 is 0 Å². The largest absolute Gasteiger partial charge is 0.371 e. The van der Waals surface area contributed by atoms with Crippen LogP contribution >= 0.6 is 23.5 Å². The molecule has 0 saturated carbocycles. The number of thioether (sulfide) groups is 2. The summed E-state index contributed by atoms with van der Waals surface area (Å²) in [5, 5.41) is 0.561. The van der Waals surface area contributed by atoms with Crippen LogP contribution in [0.2, 0.25) is 0 Å². The molecular weight excluding hydrogens is 372 g/mol. The third kappa shape index (κ3) is 14.5. The molecule has 0 bridgehead atoms. The predicted molar refractivity (Wildman–Crippen MR) is 114 cm³/mol. The van der Waals surface area contributed by atoms with Gasteiger partial charge in [-0.05, 0) is 24.9 Å². The summed E-state index contributed by atoms with van der Waals surface area (Å²) in [7, 11) is 3.57. The first kappa shape index (κ1) is 25.3. The Morgan fingerprint density at radius 1 is 1.00 bits per heavy atom. The molecule has 2 unspecified atom stereocenters. The van der Waals surface area contributed by atoms with Crippen molar-refractivity contribution in [2.75, 3.05) is 52.0 Å². The number of carbonyl (C=O) groups is 2. The molecule has 0 saturated heterocycles. The van der Waals surface area contributed by atoms with E-state index in [9.17, 15) is 9.59 Å². The fourth-order valence-corrected chi connectivity index (χ4v) is 4.39. The average Bonchev–Trinajstić information content (AvgIpc) is 2.60. The minimum absolute atomic E-state index is 0.0187. The van der Waals surface area contributed by atoms with Gasteiger partial charge in [-0.25, -0.2) is 0 Å². The predicted octanol–water partition coefficient (Wildman–Crippen LogP) is 2.58. The van der Waals surface area contributed by atoms with Crippen molar-refractivity contribution >= 4 is 47.5 Å². The standard InChI is InChI=1S/C18H32N2O4S2/c1-5-25-17(11-19-3)18(12-20-4)26-10-6-7-16(22)14-24-9-8-23-13-15(2)21/h11-12,17-18H,5-10,13-14H2,1-4H3. The number of hydrogen-bond donors (Lipinski definition) is 0. The first-order valence-corrected chi connectivity index (χ1v) is 10.9. The summed E-state index contributed by atoms with van der Waals surface area (Å²) in [5.41, 5.74) is 0. The van der Waals surface area contributed by atoms with Gasteiger partial charge in [-0.3, -0.25) is 19.6 Å². The summed E-state index contributed by atoms with van der Waals surface area (Å²) < 4.78 is 10.3. The maximum absolute atomic E-state index is 11.8. The third-order valence-corrected chi connectivity index (χ3v) is 5.76. The third-order valence-electron chi connectivity index (χ3n) is 3.13. The average molecular weight is 405 g/mol. The second-order valence-corrected chi connectivity index (χ2v) is 8.26. The van der Waals surface area contributed by atoms with Gasteiger partial charge in [0.1, 0.15) is 13.2 Å². The molecule has 0 aromatic rings. The Hall–Kier alpha value is -0.700. The van der Waals surface area contributed by atoms with Crippen molar-refractivity contribution in [1.29, 1.82) is 0 Å². The Morgan fingerprint density at radius 2 is 1.58 bits per heavy atom. The van der Waals surface area contributed by atoms with Crippen molar-refractivity contribution in [2.24, 2.45) is 9.98 Å². The molecule has 0 spiro atoms. The van der Waals surface area contributed by atoms with Gasteiger partial charge in [0.25, 0.3) is 0 Å². The van der Waals surface area contributed by atoms with Crippen LogP contribution in [-0.4, -0.2) is 86.5 Å². The normalized spacial score (nSPS) is 14.2. The van der Waals surface area contributed by atoms with Gasteiger partial charge in [-0.2, -0.15) is 23.5 Å². The number of ether oxygens (including phenoxy) is 2. The molecule has 0 aliphatic carbocycles. The number of aliphatic imine (C=N–C) groups is 2. The van der Waals surface area contributed by atoms with Gasteiger partial charge in [0, 0.05) is 32.9 Å². The van der Waals surface area contributed by atoms with Gasteiger partial charge in [0.15, 0.2) is 11.6 Å². The lowest BCUT2D eigenvalue weighted by Crippen LogP contribution is -2.24. The Labute approximate surface area is 166 Å². The van der Waals surface area contributed by atoms with Gasteiger partial charge in [0.2, 0.25) is 0 Å². The van der Waals surface area contributed by atoms with Crippen LogP contribution in [-0.2, 0) is 19.1 Å². The highest BCUT2D eigenvalue weighted by atomic mass is 32.2. The van der Waals surface area contributed by atoms with Gasteiger partial charge >= 0.3 is 0 Å². The molecule has 0 heterocycles. The van der Waals surface area contributed by atoms with E-state index in [0.29, 0.717) is 24.9 Å². The van der Waals surface area contributed by atoms with Crippen molar-refractivity contribution in [3.63, 3.8) is 0 Å². The summed E-state index contributed by atoms with van der Waals surface area (Å²) in [5.74, 6) is 1.99. The van der Waals surface area contributed by atoms with E-state index in [-0.39, 0.29) is 30.0 Å². The summed E-state index contributed by atoms with van der Waals surface area (Å²) in [6.07, 6.45) is 5.26. The number of nitrogens with zero attached hydrogens (tertiary/aromatic N) is 2. The van der Waals surface area contributed by atoms with Crippen LogP contribution in [0.4, 0.5) is 0 Å². The van der Waals surface area contributed by atoms with E-state index in [2.05, 4.69) is 16.9 Å². The Morgan fingerprint density at radius 3 is 2.12 bits per heavy atom. The molecule has 150 valence electrons. The summed E-state index contributed by atoms with van der Waals surface area (Å²) in [6.45, 7) is 4.46. The molecule has 2 atom stereocenters. The SMILES string of the molecule is CCSC(C=NC)C(C=NC)SCCCC(=O)COCCOCC(C)=O. The highest BCUT2D eigenvalue weighted by molar-refractivity contribution is 8.04. The molecule has 0 amide bonds. The molecule has 0 fully saturated rings. The molecule has 0 aromatic carbocycles. The van der Waals surface area contributed by atoms with E-state index in [1.165, 1.54) is 6.92 Å². The van der Waals surface area contributed by atoms with Crippen LogP contribution in [0, 0.1) is 0 Å². The van der Waals surface area contributed by atoms with Crippen LogP contribution in [0.5, 0.6) is 0 Å². The van der Waals surface area contributed by atoms with E-state index >= 15 is 0 Å². The highest BCUT2D eigenvalue weighted by Gasteiger charge is 2.18. The van der Waals surface area contributed by atoms with Gasteiger partial charge < -0.3 is 9.47 Å². The van der Waals surface area contributed by atoms with Crippen LogP contribution in [0.15, 0.2) is 9.98 Å². The Balaban J connectivity index is 3.94. The van der Waals surface area contributed by atoms with E-state index < -0.39 is 0 Å². The molecule has 26 heavy (non-hydrogen) atoms. The van der Waals surface area contributed by atoms with E-state index in [4.69, 9.17) is 9.47 Å². The van der Waals surface area contributed by atoms with E-state index in [1.54, 1.807) is 14.1 Å². The Kier molecular flexibility index (Phi) is 17.2. The zero-order chi connectivity index (χ0) is 19.6. The van der Waals surface area contributed by atoms with Crippen molar-refractivity contribution in [3.05, 3.63) is 0 Å². The zero-order valence-corrected chi connectivity index (χ0v) is 17.9. The molecule has 8 heteroatoms. The summed E-state index contributed by atoms with van der Waals surface area (Å²) >= 11 is 3.66. The lowest BCUT2D eigenvalue weighted by atomic mass is 10.2. The van der Waals surface area contributed by atoms with Crippen molar-refractivity contribution in [2.45, 2.75) is 37.2 Å². The second kappa shape index (κ2) is 17.7. The van der Waals surface area contributed by atoms with Crippen LogP contribution in [0.25, 0.3) is 0 Å². The fraction of sp³-hybridized carbons (Fsp3) is 0.778. The highest BCUT2D eigenvalue weighted by Crippen LogP contribution is 2.23. The quantitative estimate of drug-likeness (QED) is 0.274. The summed E-state index contributed by atoms with van der Waals surface area (Å²) in [6, 6.07) is 0. The zero-order valence-electron chi connectivity index (χ0n) is 16.3. The smallest absolute Gasteiger partial charge is 0.158 e. The van der Waals surface area contributed by atoms with Crippen LogP contribution in [0.1, 0.15) is 26.7 Å². The minimum atomic E-state index is -0.0187. The molecule has 0 aliphatic rings. The minimum Gasteiger partial charge on any atom is -0.371 e. The second-order valence-electron chi connectivity index (χ2n) is 5.52. The maximum Gasteiger partial charge on any atom is 0.158 e. The first-order valence-electron chi connectivity index (χ1n) is 8.79. The molecular formula is C18H32N2O4S2. The Bertz CT molecular complexity index is 445. The monoisotopic (exact) mass is 404 g/mol. The maximum atomic E-state index is 11.8. The van der Waals surface area contributed by atoms with Gasteiger partial charge in [-0.1, -0.05) is 6.92 Å². The molecule has 0 radical (unpaired) electrons. The van der Waals surface area contributed by atoms with Gasteiger partial charge in [-0.15, -0.1) is 0 Å². The summed E-state index contributed by atoms with van der Waals surface area (Å²) in [4.78, 5) is 30.8.